The Bertz CT molecular complexity index is 684. The molecule has 2 aromatic rings. The van der Waals surface area contributed by atoms with Crippen LogP contribution in [0.3, 0.4) is 0 Å². The minimum Gasteiger partial charge on any atom is -0.493 e. The van der Waals surface area contributed by atoms with Crippen LogP contribution >= 0.6 is 11.6 Å². The van der Waals surface area contributed by atoms with Gasteiger partial charge in [0.2, 0.25) is 0 Å². The maximum Gasteiger partial charge on any atom is 0.169 e. The number of rotatable bonds is 11. The Balaban J connectivity index is 2.15. The summed E-state index contributed by atoms with van der Waals surface area (Å²) in [7, 11) is 1.67. The van der Waals surface area contributed by atoms with Crippen LogP contribution in [0.4, 0.5) is 0 Å². The fourth-order valence-corrected chi connectivity index (χ4v) is 2.97. The average Bonchev–Trinajstić information content (AvgIpc) is 2.65. The Morgan fingerprint density at radius 1 is 1.00 bits per heavy atom. The molecule has 144 valence electrons. The van der Waals surface area contributed by atoms with Crippen LogP contribution in [0.2, 0.25) is 0 Å². The number of hydrogen-bond donors (Lipinski definition) is 0. The van der Waals surface area contributed by atoms with Crippen molar-refractivity contribution in [2.45, 2.75) is 51.8 Å². The van der Waals surface area contributed by atoms with Crippen molar-refractivity contribution in [1.29, 1.82) is 0 Å². The molecule has 1 unspecified atom stereocenters. The third-order valence-electron chi connectivity index (χ3n) is 4.32. The van der Waals surface area contributed by atoms with Gasteiger partial charge in [-0.3, -0.25) is 0 Å². The molecular formula is C22H31ClO3. The van der Waals surface area contributed by atoms with E-state index in [-0.39, 0.29) is 5.38 Å². The molecule has 0 spiro atoms. The predicted molar refractivity (Wildman–Crippen MR) is 110 cm³/mol. The maximum atomic E-state index is 6.18. The highest BCUT2D eigenvalue weighted by Crippen LogP contribution is 2.41. The molecule has 2 rings (SSSR count). The fraction of sp³-hybridized carbons (Fsp3) is 0.545. The van der Waals surface area contributed by atoms with Crippen LogP contribution in [0, 0.1) is 5.92 Å². The predicted octanol–water partition coefficient (Wildman–Crippen LogP) is 6.45. The standard InChI is InChI=1S/C22H31ClO3/c1-5-17(23)10-8-9-13-25-20-14-21(24-4)22(26-15-16(2)3)19-12-7-6-11-18(19)20/h6-7,11-12,14,16-17H,5,8-10,13,15H2,1-4H3. The topological polar surface area (TPSA) is 27.7 Å². The van der Waals surface area contributed by atoms with Crippen LogP contribution in [0.15, 0.2) is 30.3 Å². The number of fused-ring (bicyclic) bond motifs is 1. The fourth-order valence-electron chi connectivity index (χ4n) is 2.82. The zero-order valence-electron chi connectivity index (χ0n) is 16.4. The molecule has 2 aromatic carbocycles. The van der Waals surface area contributed by atoms with Crippen LogP contribution in [-0.4, -0.2) is 25.7 Å². The summed E-state index contributed by atoms with van der Waals surface area (Å²) < 4.78 is 17.7. The van der Waals surface area contributed by atoms with E-state index in [4.69, 9.17) is 25.8 Å². The monoisotopic (exact) mass is 378 g/mol. The lowest BCUT2D eigenvalue weighted by atomic mass is 10.1. The number of unbranched alkanes of at least 4 members (excludes halogenated alkanes) is 1. The van der Waals surface area contributed by atoms with Crippen molar-refractivity contribution in [3.8, 4) is 17.2 Å². The van der Waals surface area contributed by atoms with Crippen LogP contribution < -0.4 is 14.2 Å². The van der Waals surface area contributed by atoms with E-state index in [0.29, 0.717) is 24.9 Å². The van der Waals surface area contributed by atoms with Gasteiger partial charge in [-0.15, -0.1) is 11.6 Å². The van der Waals surface area contributed by atoms with E-state index in [1.165, 1.54) is 0 Å². The first-order valence-electron chi connectivity index (χ1n) is 9.56. The van der Waals surface area contributed by atoms with Gasteiger partial charge in [0.05, 0.1) is 20.3 Å². The van der Waals surface area contributed by atoms with Crippen molar-refractivity contribution in [3.63, 3.8) is 0 Å². The molecule has 0 bridgehead atoms. The van der Waals surface area contributed by atoms with Gasteiger partial charge in [0.25, 0.3) is 0 Å². The molecule has 0 aromatic heterocycles. The lowest BCUT2D eigenvalue weighted by Crippen LogP contribution is -2.07. The Hall–Kier alpha value is -1.61. The molecule has 0 saturated heterocycles. The zero-order chi connectivity index (χ0) is 18.9. The van der Waals surface area contributed by atoms with Gasteiger partial charge in [-0.05, 0) is 31.6 Å². The number of halogens is 1. The third kappa shape index (κ3) is 5.70. The number of alkyl halides is 1. The third-order valence-corrected chi connectivity index (χ3v) is 4.84. The molecular weight excluding hydrogens is 348 g/mol. The summed E-state index contributed by atoms with van der Waals surface area (Å²) in [5.41, 5.74) is 0. The van der Waals surface area contributed by atoms with Crippen molar-refractivity contribution in [3.05, 3.63) is 30.3 Å². The quantitative estimate of drug-likeness (QED) is 0.332. The van der Waals surface area contributed by atoms with Crippen molar-refractivity contribution in [2.24, 2.45) is 5.92 Å². The summed E-state index contributed by atoms with van der Waals surface area (Å²) in [5, 5.41) is 2.35. The van der Waals surface area contributed by atoms with Crippen molar-refractivity contribution in [2.75, 3.05) is 20.3 Å². The van der Waals surface area contributed by atoms with Gasteiger partial charge >= 0.3 is 0 Å². The lowest BCUT2D eigenvalue weighted by molar-refractivity contribution is 0.258. The molecule has 4 heteroatoms. The Kier molecular flexibility index (Phi) is 8.37. The molecule has 0 radical (unpaired) electrons. The lowest BCUT2D eigenvalue weighted by Gasteiger charge is -2.18. The minimum absolute atomic E-state index is 0.272. The summed E-state index contributed by atoms with van der Waals surface area (Å²) in [6.07, 6.45) is 4.12. The summed E-state index contributed by atoms with van der Waals surface area (Å²) in [5.74, 6) is 2.79. The minimum atomic E-state index is 0.272. The summed E-state index contributed by atoms with van der Waals surface area (Å²) in [4.78, 5) is 0. The zero-order valence-corrected chi connectivity index (χ0v) is 17.1. The SMILES string of the molecule is CCC(Cl)CCCCOc1cc(OC)c(OCC(C)C)c2ccccc12. The van der Waals surface area contributed by atoms with Crippen LogP contribution in [0.1, 0.15) is 46.5 Å². The smallest absolute Gasteiger partial charge is 0.169 e. The first kappa shape index (κ1) is 20.7. The highest BCUT2D eigenvalue weighted by atomic mass is 35.5. The molecule has 0 N–H and O–H groups in total. The number of hydrogen-bond acceptors (Lipinski definition) is 3. The molecule has 0 fully saturated rings. The van der Waals surface area contributed by atoms with Gasteiger partial charge < -0.3 is 14.2 Å². The van der Waals surface area contributed by atoms with Crippen molar-refractivity contribution >= 4 is 22.4 Å². The Labute approximate surface area is 162 Å². The molecule has 1 atom stereocenters. The number of ether oxygens (including phenoxy) is 3. The summed E-state index contributed by atoms with van der Waals surface area (Å²) >= 11 is 6.18. The summed E-state index contributed by atoms with van der Waals surface area (Å²) in [6.45, 7) is 7.71. The van der Waals surface area contributed by atoms with Gasteiger partial charge in [0, 0.05) is 22.2 Å². The van der Waals surface area contributed by atoms with Crippen LogP contribution in [-0.2, 0) is 0 Å². The van der Waals surface area contributed by atoms with Crippen molar-refractivity contribution < 1.29 is 14.2 Å². The molecule has 0 aliphatic heterocycles. The van der Waals surface area contributed by atoms with E-state index >= 15 is 0 Å². The van der Waals surface area contributed by atoms with Gasteiger partial charge in [0.1, 0.15) is 5.75 Å². The largest absolute Gasteiger partial charge is 0.493 e. The highest BCUT2D eigenvalue weighted by Gasteiger charge is 2.15. The average molecular weight is 379 g/mol. The molecule has 26 heavy (non-hydrogen) atoms. The normalized spacial score (nSPS) is 12.4. The molecule has 0 amide bonds. The van der Waals surface area contributed by atoms with Gasteiger partial charge in [-0.1, -0.05) is 45.0 Å². The van der Waals surface area contributed by atoms with E-state index < -0.39 is 0 Å². The van der Waals surface area contributed by atoms with Crippen LogP contribution in [0.25, 0.3) is 10.8 Å². The molecule has 0 saturated carbocycles. The number of benzene rings is 2. The van der Waals surface area contributed by atoms with Gasteiger partial charge in [0.15, 0.2) is 11.5 Å². The second-order valence-electron chi connectivity index (χ2n) is 7.01. The van der Waals surface area contributed by atoms with E-state index in [1.807, 2.05) is 18.2 Å². The van der Waals surface area contributed by atoms with Gasteiger partial charge in [-0.2, -0.15) is 0 Å². The first-order valence-corrected chi connectivity index (χ1v) is 9.99. The van der Waals surface area contributed by atoms with E-state index in [1.54, 1.807) is 7.11 Å². The van der Waals surface area contributed by atoms with Crippen LogP contribution in [0.5, 0.6) is 17.2 Å². The van der Waals surface area contributed by atoms with E-state index in [0.717, 1.165) is 48.0 Å². The molecule has 3 nitrogen and oxygen atoms in total. The van der Waals surface area contributed by atoms with E-state index in [2.05, 4.69) is 32.9 Å². The Morgan fingerprint density at radius 2 is 1.73 bits per heavy atom. The Morgan fingerprint density at radius 3 is 2.38 bits per heavy atom. The van der Waals surface area contributed by atoms with Crippen molar-refractivity contribution in [1.82, 2.24) is 0 Å². The van der Waals surface area contributed by atoms with E-state index in [9.17, 15) is 0 Å². The molecule has 0 heterocycles. The summed E-state index contributed by atoms with van der Waals surface area (Å²) in [6, 6.07) is 10.1. The highest BCUT2D eigenvalue weighted by molar-refractivity contribution is 6.20. The second kappa shape index (κ2) is 10.5. The second-order valence-corrected chi connectivity index (χ2v) is 7.62. The molecule has 0 aliphatic carbocycles. The maximum absolute atomic E-state index is 6.18. The molecule has 0 aliphatic rings. The first-order chi connectivity index (χ1) is 12.6. The number of methoxy groups -OCH3 is 1. The van der Waals surface area contributed by atoms with Gasteiger partial charge in [-0.25, -0.2) is 0 Å².